The van der Waals surface area contributed by atoms with Crippen LogP contribution in [-0.2, 0) is 11.3 Å². The molecule has 0 bridgehead atoms. The van der Waals surface area contributed by atoms with Gasteiger partial charge in [-0.05, 0) is 61.0 Å². The van der Waals surface area contributed by atoms with Crippen LogP contribution in [0.25, 0.3) is 22.2 Å². The molecule has 3 heterocycles. The van der Waals surface area contributed by atoms with Gasteiger partial charge in [0.2, 0.25) is 0 Å². The Bertz CT molecular complexity index is 1570. The average molecular weight is 576 g/mol. The second kappa shape index (κ2) is 12.2. The maximum absolute atomic E-state index is 15.1. The highest BCUT2D eigenvalue weighted by molar-refractivity contribution is 5.96. The molecule has 3 aromatic carbocycles. The van der Waals surface area contributed by atoms with Crippen LogP contribution in [0.1, 0.15) is 28.4 Å². The van der Waals surface area contributed by atoms with Crippen molar-refractivity contribution in [3.8, 4) is 11.1 Å². The summed E-state index contributed by atoms with van der Waals surface area (Å²) in [7, 11) is 0. The Hall–Kier alpha value is -3.86. The molecule has 0 aliphatic carbocycles. The molecule has 6 rings (SSSR count). The summed E-state index contributed by atoms with van der Waals surface area (Å²) >= 11 is 0. The summed E-state index contributed by atoms with van der Waals surface area (Å²) in [6.45, 7) is 10.9. The summed E-state index contributed by atoms with van der Waals surface area (Å²) < 4.78 is 41.7. The lowest BCUT2D eigenvalue weighted by molar-refractivity contribution is 0.0332. The topological polar surface area (TPSA) is 74.1 Å². The second-order valence-corrected chi connectivity index (χ2v) is 10.9. The molecule has 8 nitrogen and oxygen atoms in total. The lowest BCUT2D eigenvalue weighted by atomic mass is 10.0. The third-order valence-electron chi connectivity index (χ3n) is 8.17. The highest BCUT2D eigenvalue weighted by atomic mass is 19.1. The van der Waals surface area contributed by atoms with Gasteiger partial charge < -0.3 is 24.3 Å². The SMILES string of the molecule is CCN1CCN(C(=O)c2ccc(Nc3nc4cccc(-c5cc(F)c(CN6CCOCC6)c(F)c5)c4o3)cc2C)CC1. The molecule has 220 valence electrons. The molecule has 1 aromatic heterocycles. The van der Waals surface area contributed by atoms with Gasteiger partial charge in [-0.15, -0.1) is 0 Å². The first-order valence-electron chi connectivity index (χ1n) is 14.5. The number of ether oxygens (including phenoxy) is 1. The van der Waals surface area contributed by atoms with Crippen molar-refractivity contribution in [3.63, 3.8) is 0 Å². The van der Waals surface area contributed by atoms with Gasteiger partial charge in [0.15, 0.2) is 5.58 Å². The molecule has 10 heteroatoms. The number of hydrogen-bond acceptors (Lipinski definition) is 7. The first-order valence-corrected chi connectivity index (χ1v) is 14.5. The molecule has 0 atom stereocenters. The van der Waals surface area contributed by atoms with Gasteiger partial charge in [0.05, 0.1) is 13.2 Å². The van der Waals surface area contributed by atoms with Gasteiger partial charge in [-0.3, -0.25) is 9.69 Å². The summed E-state index contributed by atoms with van der Waals surface area (Å²) in [5, 5.41) is 3.18. The normalized spacial score (nSPS) is 16.7. The summed E-state index contributed by atoms with van der Waals surface area (Å²) in [6.07, 6.45) is 0. The number of aromatic nitrogens is 1. The maximum Gasteiger partial charge on any atom is 0.300 e. The van der Waals surface area contributed by atoms with E-state index < -0.39 is 11.6 Å². The van der Waals surface area contributed by atoms with Crippen molar-refractivity contribution in [1.82, 2.24) is 19.7 Å². The van der Waals surface area contributed by atoms with Crippen LogP contribution < -0.4 is 5.32 Å². The Kier molecular flexibility index (Phi) is 8.19. The summed E-state index contributed by atoms with van der Waals surface area (Å²) in [5.41, 5.74) is 4.20. The predicted octanol–water partition coefficient (Wildman–Crippen LogP) is 5.43. The molecular weight excluding hydrogens is 540 g/mol. The number of halogens is 2. The van der Waals surface area contributed by atoms with E-state index in [0.717, 1.165) is 44.0 Å². The molecule has 1 N–H and O–H groups in total. The molecule has 0 saturated carbocycles. The number of anilines is 2. The molecule has 2 aliphatic heterocycles. The highest BCUT2D eigenvalue weighted by Crippen LogP contribution is 2.34. The van der Waals surface area contributed by atoms with Crippen LogP contribution in [0.15, 0.2) is 52.9 Å². The highest BCUT2D eigenvalue weighted by Gasteiger charge is 2.23. The van der Waals surface area contributed by atoms with E-state index in [-0.39, 0.29) is 24.0 Å². The Morgan fingerprint density at radius 1 is 0.952 bits per heavy atom. The van der Waals surface area contributed by atoms with Crippen LogP contribution >= 0.6 is 0 Å². The number of para-hydroxylation sites is 1. The fraction of sp³-hybridized carbons (Fsp3) is 0.375. The zero-order valence-electron chi connectivity index (χ0n) is 24.0. The lowest BCUT2D eigenvalue weighted by Gasteiger charge is -2.34. The van der Waals surface area contributed by atoms with E-state index in [0.29, 0.717) is 54.1 Å². The molecule has 2 saturated heterocycles. The molecule has 2 fully saturated rings. The Labute approximate surface area is 243 Å². The number of oxazole rings is 1. The van der Waals surface area contributed by atoms with Crippen LogP contribution in [0, 0.1) is 18.6 Å². The van der Waals surface area contributed by atoms with Crippen molar-refractivity contribution in [3.05, 3.63) is 76.9 Å². The number of fused-ring (bicyclic) bond motifs is 1. The predicted molar refractivity (Wildman–Crippen MR) is 158 cm³/mol. The molecule has 0 radical (unpaired) electrons. The van der Waals surface area contributed by atoms with E-state index in [9.17, 15) is 4.79 Å². The molecule has 0 spiro atoms. The third kappa shape index (κ3) is 5.88. The quantitative estimate of drug-likeness (QED) is 0.315. The van der Waals surface area contributed by atoms with Gasteiger partial charge in [0, 0.05) is 68.2 Å². The van der Waals surface area contributed by atoms with Crippen LogP contribution in [0.4, 0.5) is 20.5 Å². The standard InChI is InChI=1S/C32H35F2N5O3/c1-3-37-9-11-39(12-10-37)31(40)24-8-7-23(17-21(24)2)35-32-36-29-6-4-5-25(30(29)42-32)22-18-27(33)26(28(34)19-22)20-38-13-15-41-16-14-38/h4-8,17-19H,3,9-16,20H2,1-2H3,(H,35,36). The van der Waals surface area contributed by atoms with E-state index in [4.69, 9.17) is 9.15 Å². The van der Waals surface area contributed by atoms with Gasteiger partial charge >= 0.3 is 0 Å². The molecular formula is C32H35F2N5O3. The maximum atomic E-state index is 15.1. The van der Waals surface area contributed by atoms with Crippen molar-refractivity contribution >= 4 is 28.7 Å². The molecule has 2 aliphatic rings. The minimum atomic E-state index is -0.594. The van der Waals surface area contributed by atoms with Crippen LogP contribution in [0.2, 0.25) is 0 Å². The van der Waals surface area contributed by atoms with Gasteiger partial charge in [-0.2, -0.15) is 4.98 Å². The second-order valence-electron chi connectivity index (χ2n) is 10.9. The van der Waals surface area contributed by atoms with E-state index in [1.54, 1.807) is 18.2 Å². The number of morpholine rings is 1. The number of rotatable bonds is 7. The van der Waals surface area contributed by atoms with Crippen LogP contribution in [0.5, 0.6) is 0 Å². The fourth-order valence-corrected chi connectivity index (χ4v) is 5.66. The number of nitrogens with one attached hydrogen (secondary N) is 1. The van der Waals surface area contributed by atoms with E-state index in [1.165, 1.54) is 12.1 Å². The van der Waals surface area contributed by atoms with Crippen molar-refractivity contribution in [1.29, 1.82) is 0 Å². The van der Waals surface area contributed by atoms with E-state index in [1.807, 2.05) is 34.9 Å². The van der Waals surface area contributed by atoms with Crippen LogP contribution in [0.3, 0.4) is 0 Å². The monoisotopic (exact) mass is 575 g/mol. The molecule has 42 heavy (non-hydrogen) atoms. The number of carbonyl (C=O) groups is 1. The number of nitrogens with zero attached hydrogens (tertiary/aromatic N) is 4. The van der Waals surface area contributed by atoms with Crippen molar-refractivity contribution in [2.24, 2.45) is 0 Å². The smallest absolute Gasteiger partial charge is 0.300 e. The van der Waals surface area contributed by atoms with E-state index in [2.05, 4.69) is 22.1 Å². The zero-order chi connectivity index (χ0) is 29.2. The average Bonchev–Trinajstić information content (AvgIpc) is 3.42. The number of hydrogen-bond donors (Lipinski definition) is 1. The molecule has 0 unspecified atom stereocenters. The number of carbonyl (C=O) groups excluding carboxylic acids is 1. The van der Waals surface area contributed by atoms with Gasteiger partial charge in [-0.1, -0.05) is 19.1 Å². The third-order valence-corrected chi connectivity index (χ3v) is 8.17. The molecule has 1 amide bonds. The summed E-state index contributed by atoms with van der Waals surface area (Å²) in [5.74, 6) is -1.15. The minimum absolute atomic E-state index is 0.0386. The number of aryl methyl sites for hydroxylation is 1. The zero-order valence-corrected chi connectivity index (χ0v) is 24.0. The van der Waals surface area contributed by atoms with Gasteiger partial charge in [0.1, 0.15) is 17.2 Å². The largest absolute Gasteiger partial charge is 0.423 e. The van der Waals surface area contributed by atoms with Gasteiger partial charge in [-0.25, -0.2) is 8.78 Å². The lowest BCUT2D eigenvalue weighted by Crippen LogP contribution is -2.48. The number of likely N-dealkylation sites (N-methyl/N-ethyl adjacent to an activating group) is 1. The fourth-order valence-electron chi connectivity index (χ4n) is 5.66. The van der Waals surface area contributed by atoms with Crippen molar-refractivity contribution in [2.45, 2.75) is 20.4 Å². The van der Waals surface area contributed by atoms with Crippen molar-refractivity contribution in [2.75, 3.05) is 64.3 Å². The first-order chi connectivity index (χ1) is 20.4. The summed E-state index contributed by atoms with van der Waals surface area (Å²) in [6, 6.07) is 13.8. The Morgan fingerprint density at radius 2 is 1.69 bits per heavy atom. The van der Waals surface area contributed by atoms with Gasteiger partial charge in [0.25, 0.3) is 11.9 Å². The molecule has 4 aromatic rings. The van der Waals surface area contributed by atoms with Crippen LogP contribution in [-0.4, -0.2) is 84.6 Å². The van der Waals surface area contributed by atoms with Crippen molar-refractivity contribution < 1.29 is 22.7 Å². The van der Waals surface area contributed by atoms with E-state index >= 15 is 8.78 Å². The first kappa shape index (κ1) is 28.3. The number of benzene rings is 3. The Balaban J connectivity index is 1.20. The number of amides is 1. The summed E-state index contributed by atoms with van der Waals surface area (Å²) in [4.78, 5) is 23.9. The number of piperazine rings is 1. The Morgan fingerprint density at radius 3 is 2.38 bits per heavy atom. The minimum Gasteiger partial charge on any atom is -0.423 e.